The van der Waals surface area contributed by atoms with Crippen LogP contribution in [0.5, 0.6) is 0 Å². The maximum absolute atomic E-state index is 13.6. The predicted octanol–water partition coefficient (Wildman–Crippen LogP) is 2.12. The molecule has 0 radical (unpaired) electrons. The van der Waals surface area contributed by atoms with Crippen LogP contribution in [-0.4, -0.2) is 29.0 Å². The third-order valence-corrected chi connectivity index (χ3v) is 4.09. The van der Waals surface area contributed by atoms with Crippen molar-refractivity contribution in [2.24, 2.45) is 0 Å². The van der Waals surface area contributed by atoms with E-state index < -0.39 is 5.91 Å². The van der Waals surface area contributed by atoms with Crippen LogP contribution in [-0.2, 0) is 6.54 Å². The number of amides is 1. The predicted molar refractivity (Wildman–Crippen MR) is 90.1 cm³/mol. The van der Waals surface area contributed by atoms with Crippen molar-refractivity contribution in [1.29, 1.82) is 0 Å². The molecule has 1 aliphatic heterocycles. The number of carbonyl (C=O) groups is 1. The van der Waals surface area contributed by atoms with Crippen molar-refractivity contribution >= 4 is 17.7 Å². The number of halogens is 1. The highest BCUT2D eigenvalue weighted by molar-refractivity contribution is 5.98. The summed E-state index contributed by atoms with van der Waals surface area (Å²) >= 11 is 0. The van der Waals surface area contributed by atoms with Crippen LogP contribution in [0, 0.1) is 5.82 Å². The van der Waals surface area contributed by atoms with Gasteiger partial charge in [-0.15, -0.1) is 0 Å². The molecular formula is C17H20FN5O. The second-order valence-electron chi connectivity index (χ2n) is 5.79. The van der Waals surface area contributed by atoms with Crippen LogP contribution in [0.2, 0.25) is 0 Å². The number of carbonyl (C=O) groups excluding carboxylic acids is 1. The number of nitrogens with two attached hydrogens (primary N) is 1. The van der Waals surface area contributed by atoms with Gasteiger partial charge in [0.05, 0.1) is 5.56 Å². The molecule has 126 valence electrons. The highest BCUT2D eigenvalue weighted by Crippen LogP contribution is 2.18. The first-order valence-corrected chi connectivity index (χ1v) is 8.04. The number of nitrogen functional groups attached to an aromatic ring is 1. The van der Waals surface area contributed by atoms with Crippen molar-refractivity contribution in [3.63, 3.8) is 0 Å². The molecule has 7 heteroatoms. The molecule has 0 spiro atoms. The first kappa shape index (κ1) is 16.2. The number of hydrogen-bond donors (Lipinski definition) is 2. The van der Waals surface area contributed by atoms with Gasteiger partial charge in [0.1, 0.15) is 11.6 Å². The Bertz CT molecular complexity index is 731. The third-order valence-electron chi connectivity index (χ3n) is 4.09. The highest BCUT2D eigenvalue weighted by Gasteiger charge is 2.17. The summed E-state index contributed by atoms with van der Waals surface area (Å²) in [7, 11) is 0. The van der Waals surface area contributed by atoms with Crippen LogP contribution in [0.1, 0.15) is 35.2 Å². The minimum absolute atomic E-state index is 0.0822. The molecule has 24 heavy (non-hydrogen) atoms. The fourth-order valence-corrected chi connectivity index (χ4v) is 2.72. The van der Waals surface area contributed by atoms with Gasteiger partial charge in [0.15, 0.2) is 0 Å². The summed E-state index contributed by atoms with van der Waals surface area (Å²) in [6.45, 7) is 1.88. The number of piperidine rings is 1. The number of aromatic nitrogens is 2. The van der Waals surface area contributed by atoms with Crippen molar-refractivity contribution in [3.05, 3.63) is 47.4 Å². The molecule has 0 atom stereocenters. The van der Waals surface area contributed by atoms with Crippen molar-refractivity contribution in [3.8, 4) is 0 Å². The average Bonchev–Trinajstić information content (AvgIpc) is 2.61. The summed E-state index contributed by atoms with van der Waals surface area (Å²) in [6, 6.07) is 6.29. The van der Waals surface area contributed by atoms with E-state index in [1.807, 2.05) is 0 Å². The Morgan fingerprint density at radius 3 is 2.71 bits per heavy atom. The van der Waals surface area contributed by atoms with E-state index in [-0.39, 0.29) is 23.7 Å². The number of anilines is 2. The molecule has 1 fully saturated rings. The SMILES string of the molecule is Nc1nc(N2CCCCC2)ncc1C(=O)NCc1ccccc1F. The van der Waals surface area contributed by atoms with Crippen molar-refractivity contribution in [2.75, 3.05) is 23.7 Å². The van der Waals surface area contributed by atoms with Gasteiger partial charge in [-0.05, 0) is 25.3 Å². The Kier molecular flexibility index (Phi) is 4.88. The summed E-state index contributed by atoms with van der Waals surface area (Å²) in [5.41, 5.74) is 6.53. The summed E-state index contributed by atoms with van der Waals surface area (Å²) in [4.78, 5) is 22.8. The van der Waals surface area contributed by atoms with Gasteiger partial charge in [0, 0.05) is 31.4 Å². The monoisotopic (exact) mass is 329 g/mol. The molecule has 6 nitrogen and oxygen atoms in total. The maximum Gasteiger partial charge on any atom is 0.256 e. The zero-order chi connectivity index (χ0) is 16.9. The molecule has 0 unspecified atom stereocenters. The van der Waals surface area contributed by atoms with E-state index in [1.165, 1.54) is 18.7 Å². The minimum Gasteiger partial charge on any atom is -0.383 e. The molecule has 1 aromatic heterocycles. The summed E-state index contributed by atoms with van der Waals surface area (Å²) in [6.07, 6.45) is 4.85. The van der Waals surface area contributed by atoms with Gasteiger partial charge in [-0.3, -0.25) is 4.79 Å². The Morgan fingerprint density at radius 1 is 1.25 bits per heavy atom. The van der Waals surface area contributed by atoms with Crippen LogP contribution in [0.15, 0.2) is 30.5 Å². The van der Waals surface area contributed by atoms with E-state index >= 15 is 0 Å². The van der Waals surface area contributed by atoms with Gasteiger partial charge in [-0.1, -0.05) is 18.2 Å². The zero-order valence-corrected chi connectivity index (χ0v) is 13.3. The number of nitrogens with zero attached hydrogens (tertiary/aromatic N) is 3. The summed E-state index contributed by atoms with van der Waals surface area (Å²) in [5, 5.41) is 2.64. The van der Waals surface area contributed by atoms with Crippen LogP contribution >= 0.6 is 0 Å². The average molecular weight is 329 g/mol. The number of hydrogen-bond acceptors (Lipinski definition) is 5. The van der Waals surface area contributed by atoms with Crippen molar-refractivity contribution in [2.45, 2.75) is 25.8 Å². The zero-order valence-electron chi connectivity index (χ0n) is 13.3. The Labute approximate surface area is 139 Å². The van der Waals surface area contributed by atoms with Gasteiger partial charge in [0.2, 0.25) is 5.95 Å². The van der Waals surface area contributed by atoms with E-state index in [0.29, 0.717) is 11.5 Å². The van der Waals surface area contributed by atoms with Gasteiger partial charge >= 0.3 is 0 Å². The lowest BCUT2D eigenvalue weighted by atomic mass is 10.1. The lowest BCUT2D eigenvalue weighted by molar-refractivity contribution is 0.0951. The number of benzene rings is 1. The van der Waals surface area contributed by atoms with E-state index in [0.717, 1.165) is 25.9 Å². The van der Waals surface area contributed by atoms with Crippen molar-refractivity contribution in [1.82, 2.24) is 15.3 Å². The quantitative estimate of drug-likeness (QED) is 0.897. The number of rotatable bonds is 4. The lowest BCUT2D eigenvalue weighted by Crippen LogP contribution is -2.32. The molecule has 1 amide bonds. The Morgan fingerprint density at radius 2 is 2.00 bits per heavy atom. The first-order valence-electron chi connectivity index (χ1n) is 8.04. The van der Waals surface area contributed by atoms with Crippen LogP contribution in [0.3, 0.4) is 0 Å². The molecule has 0 bridgehead atoms. The summed E-state index contributed by atoms with van der Waals surface area (Å²) in [5.74, 6) is -0.0853. The van der Waals surface area contributed by atoms with Gasteiger partial charge < -0.3 is 16.0 Å². The van der Waals surface area contributed by atoms with E-state index in [4.69, 9.17) is 5.73 Å². The van der Waals surface area contributed by atoms with Crippen LogP contribution in [0.4, 0.5) is 16.2 Å². The topological polar surface area (TPSA) is 84.1 Å². The highest BCUT2D eigenvalue weighted by atomic mass is 19.1. The smallest absolute Gasteiger partial charge is 0.256 e. The second kappa shape index (κ2) is 7.25. The van der Waals surface area contributed by atoms with Gasteiger partial charge in [-0.2, -0.15) is 4.98 Å². The van der Waals surface area contributed by atoms with Crippen LogP contribution in [0.25, 0.3) is 0 Å². The number of nitrogens with one attached hydrogen (secondary N) is 1. The fraction of sp³-hybridized carbons (Fsp3) is 0.353. The largest absolute Gasteiger partial charge is 0.383 e. The molecule has 0 saturated carbocycles. The van der Waals surface area contributed by atoms with Gasteiger partial charge in [-0.25, -0.2) is 9.37 Å². The first-order chi connectivity index (χ1) is 11.6. The normalized spacial score (nSPS) is 14.5. The van der Waals surface area contributed by atoms with E-state index in [2.05, 4.69) is 20.2 Å². The standard InChI is InChI=1S/C17H20FN5O/c18-14-7-3-2-6-12(14)10-20-16(24)13-11-21-17(22-15(13)19)23-8-4-1-5-9-23/h2-3,6-7,11H,1,4-5,8-10H2,(H,20,24)(H2,19,21,22). The molecule has 1 aromatic carbocycles. The lowest BCUT2D eigenvalue weighted by Gasteiger charge is -2.26. The van der Waals surface area contributed by atoms with Crippen LogP contribution < -0.4 is 16.0 Å². The second-order valence-corrected chi connectivity index (χ2v) is 5.79. The molecule has 1 saturated heterocycles. The molecule has 1 aliphatic rings. The Hall–Kier alpha value is -2.70. The van der Waals surface area contributed by atoms with Crippen molar-refractivity contribution < 1.29 is 9.18 Å². The molecular weight excluding hydrogens is 309 g/mol. The third kappa shape index (κ3) is 3.61. The molecule has 2 heterocycles. The molecule has 0 aliphatic carbocycles. The van der Waals surface area contributed by atoms with E-state index in [1.54, 1.807) is 18.2 Å². The molecule has 3 rings (SSSR count). The molecule has 3 N–H and O–H groups in total. The molecule has 2 aromatic rings. The fourth-order valence-electron chi connectivity index (χ4n) is 2.72. The minimum atomic E-state index is -0.416. The van der Waals surface area contributed by atoms with Gasteiger partial charge in [0.25, 0.3) is 5.91 Å². The summed E-state index contributed by atoms with van der Waals surface area (Å²) < 4.78 is 13.6. The Balaban J connectivity index is 1.67. The maximum atomic E-state index is 13.6. The van der Waals surface area contributed by atoms with E-state index in [9.17, 15) is 9.18 Å².